The zero-order valence-electron chi connectivity index (χ0n) is 19.1. The van der Waals surface area contributed by atoms with Crippen LogP contribution < -0.4 is 4.57 Å². The lowest BCUT2D eigenvalue weighted by Gasteiger charge is -2.11. The summed E-state index contributed by atoms with van der Waals surface area (Å²) in [7, 11) is 0. The molecule has 0 aliphatic rings. The fourth-order valence-corrected chi connectivity index (χ4v) is 5.08. The number of aromatic nitrogens is 1. The van der Waals surface area contributed by atoms with Crippen molar-refractivity contribution in [2.24, 2.45) is 0 Å². The van der Waals surface area contributed by atoms with E-state index >= 15 is 0 Å². The fraction of sp³-hybridized carbons (Fsp3) is 0.0938. The lowest BCUT2D eigenvalue weighted by molar-refractivity contribution is -0.635. The van der Waals surface area contributed by atoms with E-state index in [1.165, 1.54) is 60.0 Å². The summed E-state index contributed by atoms with van der Waals surface area (Å²) < 4.78 is 2.48. The number of hydrogen-bond donors (Lipinski definition) is 0. The molecule has 0 fully saturated rings. The first kappa shape index (κ1) is 19.7. The molecule has 6 aromatic rings. The lowest BCUT2D eigenvalue weighted by Crippen LogP contribution is -2.36. The molecule has 1 heterocycles. The Morgan fingerprint density at radius 2 is 1.15 bits per heavy atom. The van der Waals surface area contributed by atoms with Crippen LogP contribution in [0.2, 0.25) is 0 Å². The highest BCUT2D eigenvalue weighted by atomic mass is 15.0. The van der Waals surface area contributed by atoms with Crippen molar-refractivity contribution in [3.8, 4) is 0 Å². The van der Waals surface area contributed by atoms with Gasteiger partial charge in [-0.25, -0.2) is 0 Å². The maximum absolute atomic E-state index is 3.89. The van der Waals surface area contributed by atoms with Gasteiger partial charge in [-0.2, -0.15) is 4.57 Å². The summed E-state index contributed by atoms with van der Waals surface area (Å²) in [5.74, 6) is 0. The van der Waals surface area contributed by atoms with E-state index in [0.717, 1.165) is 12.1 Å². The number of aryl methyl sites for hydroxylation is 2. The van der Waals surface area contributed by atoms with Gasteiger partial charge in [-0.05, 0) is 59.2 Å². The van der Waals surface area contributed by atoms with Crippen molar-refractivity contribution in [1.29, 1.82) is 0 Å². The van der Waals surface area contributed by atoms with E-state index in [2.05, 4.69) is 116 Å². The molecule has 5 aromatic carbocycles. The summed E-state index contributed by atoms with van der Waals surface area (Å²) in [6, 6.07) is 33.8. The molecular formula is C32H26N+. The standard InChI is InChI=1S/C32H26N/c1-4-23-7-9-24(10-8-23)20-33-31-15-11-25-17-21(2)5-13-27(25)29(31)19-30-28-14-6-22(3)18-26(28)12-16-32(30)33/h4-19H,1,20H2,2-3H3/q+1. The van der Waals surface area contributed by atoms with E-state index in [9.17, 15) is 0 Å². The fourth-order valence-electron chi connectivity index (χ4n) is 5.08. The molecule has 1 nitrogen and oxygen atoms in total. The van der Waals surface area contributed by atoms with Crippen LogP contribution in [0.5, 0.6) is 0 Å². The molecule has 0 aliphatic heterocycles. The molecule has 0 unspecified atom stereocenters. The zero-order chi connectivity index (χ0) is 22.5. The Labute approximate surface area is 194 Å². The second kappa shape index (κ2) is 7.56. The minimum atomic E-state index is 0.819. The van der Waals surface area contributed by atoms with Gasteiger partial charge in [0.05, 0.1) is 10.8 Å². The summed E-state index contributed by atoms with van der Waals surface area (Å²) in [4.78, 5) is 0. The number of rotatable bonds is 3. The smallest absolute Gasteiger partial charge is 0.187 e. The van der Waals surface area contributed by atoms with Gasteiger partial charge in [-0.3, -0.25) is 0 Å². The summed E-state index contributed by atoms with van der Waals surface area (Å²) >= 11 is 0. The number of pyridine rings is 1. The van der Waals surface area contributed by atoms with Gasteiger partial charge in [-0.1, -0.05) is 84.4 Å². The summed E-state index contributed by atoms with van der Waals surface area (Å²) in [5, 5.41) is 7.80. The molecule has 1 aromatic heterocycles. The molecule has 0 radical (unpaired) electrons. The largest absolute Gasteiger partial charge is 0.213 e. The summed E-state index contributed by atoms with van der Waals surface area (Å²) in [5.41, 5.74) is 7.54. The lowest BCUT2D eigenvalue weighted by atomic mass is 9.97. The molecule has 0 atom stereocenters. The first-order valence-electron chi connectivity index (χ1n) is 11.5. The van der Waals surface area contributed by atoms with Crippen molar-refractivity contribution in [2.75, 3.05) is 0 Å². The predicted molar refractivity (Wildman–Crippen MR) is 142 cm³/mol. The van der Waals surface area contributed by atoms with E-state index in [1.54, 1.807) is 0 Å². The predicted octanol–water partition coefficient (Wildman–Crippen LogP) is 7.90. The summed E-state index contributed by atoms with van der Waals surface area (Å²) in [6.45, 7) is 9.03. The molecule has 6 rings (SSSR count). The Hall–Kier alpha value is -3.97. The van der Waals surface area contributed by atoms with Crippen molar-refractivity contribution < 1.29 is 4.57 Å². The van der Waals surface area contributed by atoms with Crippen molar-refractivity contribution >= 4 is 49.4 Å². The first-order valence-corrected chi connectivity index (χ1v) is 11.5. The molecule has 0 N–H and O–H groups in total. The Morgan fingerprint density at radius 3 is 1.67 bits per heavy atom. The van der Waals surface area contributed by atoms with Crippen LogP contribution in [0.25, 0.3) is 49.4 Å². The van der Waals surface area contributed by atoms with Crippen molar-refractivity contribution in [3.63, 3.8) is 0 Å². The van der Waals surface area contributed by atoms with Gasteiger partial charge >= 0.3 is 0 Å². The highest BCUT2D eigenvalue weighted by Crippen LogP contribution is 2.31. The van der Waals surface area contributed by atoms with Gasteiger partial charge in [0.2, 0.25) is 11.0 Å². The highest BCUT2D eigenvalue weighted by molar-refractivity contribution is 6.13. The second-order valence-electron chi connectivity index (χ2n) is 9.12. The van der Waals surface area contributed by atoms with Gasteiger partial charge in [-0.15, -0.1) is 0 Å². The van der Waals surface area contributed by atoms with E-state index in [1.807, 2.05) is 6.08 Å². The molecule has 0 spiro atoms. The van der Waals surface area contributed by atoms with Crippen molar-refractivity contribution in [3.05, 3.63) is 120 Å². The third kappa shape index (κ3) is 3.29. The van der Waals surface area contributed by atoms with Crippen LogP contribution in [0.1, 0.15) is 22.3 Å². The van der Waals surface area contributed by atoms with Crippen molar-refractivity contribution in [2.45, 2.75) is 20.4 Å². The van der Waals surface area contributed by atoms with Crippen LogP contribution in [0.3, 0.4) is 0 Å². The van der Waals surface area contributed by atoms with Gasteiger partial charge in [0, 0.05) is 17.7 Å². The van der Waals surface area contributed by atoms with E-state index < -0.39 is 0 Å². The van der Waals surface area contributed by atoms with Crippen LogP contribution >= 0.6 is 0 Å². The van der Waals surface area contributed by atoms with Crippen LogP contribution in [-0.2, 0) is 6.54 Å². The molecule has 0 aliphatic carbocycles. The van der Waals surface area contributed by atoms with Crippen LogP contribution in [-0.4, -0.2) is 0 Å². The number of nitrogens with zero attached hydrogens (tertiary/aromatic N) is 1. The SMILES string of the molecule is C=Cc1ccc(C[n+]2c3ccc4cc(C)ccc4c3cc3c4ccc(C)cc4ccc32)cc1. The minimum Gasteiger partial charge on any atom is -0.187 e. The quantitative estimate of drug-likeness (QED) is 0.154. The van der Waals surface area contributed by atoms with Crippen LogP contribution in [0.15, 0.2) is 97.6 Å². The van der Waals surface area contributed by atoms with Gasteiger partial charge in [0.15, 0.2) is 6.54 Å². The van der Waals surface area contributed by atoms with Crippen LogP contribution in [0, 0.1) is 13.8 Å². The third-order valence-corrected chi connectivity index (χ3v) is 6.81. The average Bonchev–Trinajstić information content (AvgIpc) is 2.83. The maximum atomic E-state index is 3.89. The number of benzene rings is 5. The van der Waals surface area contributed by atoms with Crippen molar-refractivity contribution in [1.82, 2.24) is 0 Å². The molecule has 1 heteroatoms. The molecule has 33 heavy (non-hydrogen) atoms. The maximum Gasteiger partial charge on any atom is 0.213 e. The monoisotopic (exact) mass is 424 g/mol. The topological polar surface area (TPSA) is 3.88 Å². The Morgan fingerprint density at radius 1 is 0.606 bits per heavy atom. The number of fused-ring (bicyclic) bond motifs is 6. The Kier molecular flexibility index (Phi) is 4.52. The molecule has 0 saturated carbocycles. The average molecular weight is 425 g/mol. The Balaban J connectivity index is 1.72. The Bertz CT molecular complexity index is 1610. The molecule has 158 valence electrons. The molecule has 0 amide bonds. The second-order valence-corrected chi connectivity index (χ2v) is 9.12. The molecule has 0 saturated heterocycles. The zero-order valence-corrected chi connectivity index (χ0v) is 19.1. The first-order chi connectivity index (χ1) is 16.1. The van der Waals surface area contributed by atoms with E-state index in [4.69, 9.17) is 0 Å². The van der Waals surface area contributed by atoms with Crippen LogP contribution in [0.4, 0.5) is 0 Å². The summed E-state index contributed by atoms with van der Waals surface area (Å²) in [6.07, 6.45) is 1.90. The number of hydrogen-bond acceptors (Lipinski definition) is 0. The van der Waals surface area contributed by atoms with E-state index in [0.29, 0.717) is 0 Å². The third-order valence-electron chi connectivity index (χ3n) is 6.81. The minimum absolute atomic E-state index is 0.819. The van der Waals surface area contributed by atoms with Gasteiger partial charge < -0.3 is 0 Å². The highest BCUT2D eigenvalue weighted by Gasteiger charge is 2.19. The van der Waals surface area contributed by atoms with Gasteiger partial charge in [0.25, 0.3) is 0 Å². The van der Waals surface area contributed by atoms with Gasteiger partial charge in [0.1, 0.15) is 0 Å². The molecular weight excluding hydrogens is 398 g/mol. The normalized spacial score (nSPS) is 11.6. The molecule has 0 bridgehead atoms. The van der Waals surface area contributed by atoms with E-state index in [-0.39, 0.29) is 0 Å².